The van der Waals surface area contributed by atoms with E-state index in [1.807, 2.05) is 0 Å². The number of urea groups is 1. The minimum absolute atomic E-state index is 0.0514. The molecule has 0 fully saturated rings. The summed E-state index contributed by atoms with van der Waals surface area (Å²) in [5.41, 5.74) is -0.105. The molecule has 0 aliphatic rings. The summed E-state index contributed by atoms with van der Waals surface area (Å²) in [7, 11) is 0. The van der Waals surface area contributed by atoms with Gasteiger partial charge < -0.3 is 24.8 Å². The van der Waals surface area contributed by atoms with E-state index in [0.29, 0.717) is 13.2 Å². The Morgan fingerprint density at radius 1 is 1.17 bits per heavy atom. The molecule has 6 nitrogen and oxygen atoms in total. The van der Waals surface area contributed by atoms with E-state index in [2.05, 4.69) is 15.4 Å². The number of alkyl halides is 3. The quantitative estimate of drug-likeness (QED) is 0.716. The lowest BCUT2D eigenvalue weighted by molar-refractivity contribution is -0.274. The maximum absolute atomic E-state index is 12.3. The van der Waals surface area contributed by atoms with Crippen LogP contribution in [-0.2, 0) is 9.47 Å². The van der Waals surface area contributed by atoms with Gasteiger partial charge >= 0.3 is 12.4 Å². The molecule has 2 N–H and O–H groups in total. The topological polar surface area (TPSA) is 68.8 Å². The van der Waals surface area contributed by atoms with E-state index in [9.17, 15) is 18.0 Å². The van der Waals surface area contributed by atoms with Crippen LogP contribution in [0.4, 0.5) is 23.7 Å². The maximum Gasteiger partial charge on any atom is 0.573 e. The van der Waals surface area contributed by atoms with Crippen molar-refractivity contribution in [1.29, 1.82) is 0 Å². The SMILES string of the molecule is CCOC(CNC(=O)Nc1ccccc1OC(F)(F)F)OCC. The Morgan fingerprint density at radius 2 is 1.78 bits per heavy atom. The van der Waals surface area contributed by atoms with Gasteiger partial charge in [0.1, 0.15) is 0 Å². The first kappa shape index (κ1) is 19.0. The Balaban J connectivity index is 2.60. The van der Waals surface area contributed by atoms with Gasteiger partial charge in [0.15, 0.2) is 12.0 Å². The minimum Gasteiger partial charge on any atom is -0.404 e. The lowest BCUT2D eigenvalue weighted by atomic mass is 10.3. The monoisotopic (exact) mass is 336 g/mol. The molecular formula is C14H19F3N2O4. The van der Waals surface area contributed by atoms with Crippen molar-refractivity contribution in [1.82, 2.24) is 5.32 Å². The second kappa shape index (κ2) is 9.21. The minimum atomic E-state index is -4.84. The first-order valence-electron chi connectivity index (χ1n) is 6.98. The van der Waals surface area contributed by atoms with E-state index in [1.165, 1.54) is 18.2 Å². The highest BCUT2D eigenvalue weighted by molar-refractivity contribution is 5.90. The summed E-state index contributed by atoms with van der Waals surface area (Å²) in [5, 5.41) is 4.74. The molecule has 0 aliphatic carbocycles. The number of anilines is 1. The molecule has 23 heavy (non-hydrogen) atoms. The first-order chi connectivity index (χ1) is 10.9. The van der Waals surface area contributed by atoms with Gasteiger partial charge in [-0.05, 0) is 26.0 Å². The molecule has 0 heterocycles. The zero-order valence-electron chi connectivity index (χ0n) is 12.8. The Labute approximate surface area is 131 Å². The second-order valence-electron chi connectivity index (χ2n) is 4.22. The molecule has 0 saturated carbocycles. The Kier molecular flexibility index (Phi) is 7.63. The van der Waals surface area contributed by atoms with Crippen LogP contribution in [0.2, 0.25) is 0 Å². The molecule has 1 aromatic rings. The fourth-order valence-electron chi connectivity index (χ4n) is 1.66. The average Bonchev–Trinajstić information content (AvgIpc) is 2.46. The third-order valence-corrected chi connectivity index (χ3v) is 2.50. The number of carbonyl (C=O) groups is 1. The normalized spacial score (nSPS) is 11.4. The molecule has 0 spiro atoms. The van der Waals surface area contributed by atoms with Crippen LogP contribution in [-0.4, -0.2) is 38.4 Å². The lowest BCUT2D eigenvalue weighted by Crippen LogP contribution is -2.38. The molecule has 9 heteroatoms. The molecule has 0 atom stereocenters. The number of nitrogens with one attached hydrogen (secondary N) is 2. The molecule has 2 amide bonds. The number of ether oxygens (including phenoxy) is 3. The molecular weight excluding hydrogens is 317 g/mol. The van der Waals surface area contributed by atoms with Gasteiger partial charge in [0.25, 0.3) is 0 Å². The van der Waals surface area contributed by atoms with Crippen molar-refractivity contribution in [3.63, 3.8) is 0 Å². The van der Waals surface area contributed by atoms with Crippen LogP contribution in [0.15, 0.2) is 24.3 Å². The zero-order chi connectivity index (χ0) is 17.3. The lowest BCUT2D eigenvalue weighted by Gasteiger charge is -2.18. The number of carbonyl (C=O) groups excluding carboxylic acids is 1. The van der Waals surface area contributed by atoms with Crippen LogP contribution >= 0.6 is 0 Å². The highest BCUT2D eigenvalue weighted by Gasteiger charge is 2.32. The molecule has 0 bridgehead atoms. The number of rotatable bonds is 8. The van der Waals surface area contributed by atoms with Gasteiger partial charge in [-0.1, -0.05) is 12.1 Å². The summed E-state index contributed by atoms with van der Waals surface area (Å²) in [6, 6.07) is 4.54. The van der Waals surface area contributed by atoms with Crippen LogP contribution in [0, 0.1) is 0 Å². The van der Waals surface area contributed by atoms with Gasteiger partial charge in [-0.3, -0.25) is 0 Å². The summed E-state index contributed by atoms with van der Waals surface area (Å²) >= 11 is 0. The summed E-state index contributed by atoms with van der Waals surface area (Å²) in [6.07, 6.45) is -5.47. The van der Waals surface area contributed by atoms with Gasteiger partial charge in [-0.25, -0.2) is 4.79 Å². The third kappa shape index (κ3) is 7.71. The Hall–Kier alpha value is -2.00. The van der Waals surface area contributed by atoms with Crippen LogP contribution in [0.25, 0.3) is 0 Å². The van der Waals surface area contributed by atoms with E-state index in [-0.39, 0.29) is 12.2 Å². The smallest absolute Gasteiger partial charge is 0.404 e. The molecule has 0 aliphatic heterocycles. The van der Waals surface area contributed by atoms with Crippen molar-refractivity contribution in [3.8, 4) is 5.75 Å². The van der Waals surface area contributed by atoms with E-state index < -0.39 is 24.4 Å². The predicted molar refractivity (Wildman–Crippen MR) is 77.2 cm³/mol. The highest BCUT2D eigenvalue weighted by atomic mass is 19.4. The van der Waals surface area contributed by atoms with Crippen molar-refractivity contribution in [2.24, 2.45) is 0 Å². The van der Waals surface area contributed by atoms with Crippen molar-refractivity contribution >= 4 is 11.7 Å². The summed E-state index contributed by atoms with van der Waals surface area (Å²) in [6.45, 7) is 4.40. The van der Waals surface area contributed by atoms with E-state index in [4.69, 9.17) is 9.47 Å². The number of hydrogen-bond donors (Lipinski definition) is 2. The number of para-hydroxylation sites is 2. The average molecular weight is 336 g/mol. The molecule has 1 rings (SSSR count). The summed E-state index contributed by atoms with van der Waals surface area (Å²) in [5.74, 6) is -0.499. The summed E-state index contributed by atoms with van der Waals surface area (Å²) < 4.78 is 51.2. The van der Waals surface area contributed by atoms with E-state index >= 15 is 0 Å². The zero-order valence-corrected chi connectivity index (χ0v) is 12.8. The molecule has 1 aromatic carbocycles. The van der Waals surface area contributed by atoms with Crippen LogP contribution < -0.4 is 15.4 Å². The number of halogens is 3. The predicted octanol–water partition coefficient (Wildman–Crippen LogP) is 3.11. The second-order valence-corrected chi connectivity index (χ2v) is 4.22. The van der Waals surface area contributed by atoms with Crippen molar-refractivity contribution in [2.75, 3.05) is 25.1 Å². The largest absolute Gasteiger partial charge is 0.573 e. The maximum atomic E-state index is 12.3. The van der Waals surface area contributed by atoms with Crippen LogP contribution in [0.5, 0.6) is 5.75 Å². The van der Waals surface area contributed by atoms with Crippen molar-refractivity contribution in [3.05, 3.63) is 24.3 Å². The van der Waals surface area contributed by atoms with E-state index in [1.54, 1.807) is 13.8 Å². The molecule has 130 valence electrons. The summed E-state index contributed by atoms with van der Waals surface area (Å²) in [4.78, 5) is 11.8. The fourth-order valence-corrected chi connectivity index (χ4v) is 1.66. The molecule has 0 saturated heterocycles. The molecule has 0 radical (unpaired) electrons. The number of benzene rings is 1. The van der Waals surface area contributed by atoms with Gasteiger partial charge in [0.05, 0.1) is 12.2 Å². The Bertz CT molecular complexity index is 491. The third-order valence-electron chi connectivity index (χ3n) is 2.50. The Morgan fingerprint density at radius 3 is 2.35 bits per heavy atom. The van der Waals surface area contributed by atoms with E-state index in [0.717, 1.165) is 6.07 Å². The van der Waals surface area contributed by atoms with Gasteiger partial charge in [0.2, 0.25) is 0 Å². The number of hydrogen-bond acceptors (Lipinski definition) is 4. The first-order valence-corrected chi connectivity index (χ1v) is 6.98. The fraction of sp³-hybridized carbons (Fsp3) is 0.500. The molecule has 0 aromatic heterocycles. The van der Waals surface area contributed by atoms with Gasteiger partial charge in [-0.15, -0.1) is 13.2 Å². The van der Waals surface area contributed by atoms with Gasteiger partial charge in [0, 0.05) is 13.2 Å². The van der Waals surface area contributed by atoms with Crippen LogP contribution in [0.1, 0.15) is 13.8 Å². The molecule has 0 unspecified atom stereocenters. The van der Waals surface area contributed by atoms with Crippen molar-refractivity contribution < 1.29 is 32.2 Å². The number of amides is 2. The standard InChI is InChI=1S/C14H19F3N2O4/c1-3-21-12(22-4-2)9-18-13(20)19-10-7-5-6-8-11(10)23-14(15,16)17/h5-8,12H,3-4,9H2,1-2H3,(H2,18,19,20). The van der Waals surface area contributed by atoms with Crippen molar-refractivity contribution in [2.45, 2.75) is 26.5 Å². The highest BCUT2D eigenvalue weighted by Crippen LogP contribution is 2.29. The van der Waals surface area contributed by atoms with Crippen LogP contribution in [0.3, 0.4) is 0 Å². The van der Waals surface area contributed by atoms with Gasteiger partial charge in [-0.2, -0.15) is 0 Å².